The van der Waals surface area contributed by atoms with Crippen molar-refractivity contribution in [3.05, 3.63) is 21.9 Å². The molecule has 1 unspecified atom stereocenters. The summed E-state index contributed by atoms with van der Waals surface area (Å²) < 4.78 is 0. The van der Waals surface area contributed by atoms with E-state index in [1.165, 1.54) is 4.88 Å². The Morgan fingerprint density at radius 1 is 1.40 bits per heavy atom. The number of aryl methyl sites for hydroxylation is 1. The highest BCUT2D eigenvalue weighted by Crippen LogP contribution is 2.40. The Labute approximate surface area is 126 Å². The molecule has 3 rings (SSSR count). The summed E-state index contributed by atoms with van der Waals surface area (Å²) in [4.78, 5) is 26.9. The van der Waals surface area contributed by atoms with Crippen molar-refractivity contribution in [3.63, 3.8) is 0 Å². The summed E-state index contributed by atoms with van der Waals surface area (Å²) in [6, 6.07) is 2.05. The van der Waals surface area contributed by atoms with Crippen molar-refractivity contribution in [1.82, 2.24) is 4.90 Å². The Morgan fingerprint density at radius 2 is 2.25 bits per heavy atom. The molecule has 2 atom stereocenters. The fourth-order valence-electron chi connectivity index (χ4n) is 2.90. The van der Waals surface area contributed by atoms with Crippen molar-refractivity contribution in [1.29, 1.82) is 0 Å². The topological polar surface area (TPSA) is 57.6 Å². The predicted molar refractivity (Wildman–Crippen MR) is 80.2 cm³/mol. The van der Waals surface area contributed by atoms with Gasteiger partial charge in [-0.1, -0.05) is 0 Å². The number of carbonyl (C=O) groups excluding carboxylic acids is 1. The van der Waals surface area contributed by atoms with E-state index in [1.54, 1.807) is 28.0 Å². The van der Waals surface area contributed by atoms with Gasteiger partial charge in [-0.15, -0.1) is 23.1 Å². The minimum absolute atomic E-state index is 0.0975. The van der Waals surface area contributed by atoms with Gasteiger partial charge >= 0.3 is 5.97 Å². The first-order valence-corrected chi connectivity index (χ1v) is 8.79. The summed E-state index contributed by atoms with van der Waals surface area (Å²) in [7, 11) is 0. The number of thiophene rings is 1. The van der Waals surface area contributed by atoms with Crippen molar-refractivity contribution in [2.24, 2.45) is 5.92 Å². The molecule has 20 heavy (non-hydrogen) atoms. The molecule has 108 valence electrons. The highest BCUT2D eigenvalue weighted by Gasteiger charge is 2.35. The Balaban J connectivity index is 1.75. The quantitative estimate of drug-likeness (QED) is 0.911. The zero-order valence-electron chi connectivity index (χ0n) is 11.1. The summed E-state index contributed by atoms with van der Waals surface area (Å²) in [5.74, 6) is -0.112. The first kappa shape index (κ1) is 13.9. The van der Waals surface area contributed by atoms with E-state index in [2.05, 4.69) is 0 Å². The van der Waals surface area contributed by atoms with Crippen molar-refractivity contribution in [3.8, 4) is 0 Å². The van der Waals surface area contributed by atoms with Gasteiger partial charge in [-0.05, 0) is 42.0 Å². The van der Waals surface area contributed by atoms with Crippen molar-refractivity contribution < 1.29 is 14.7 Å². The summed E-state index contributed by atoms with van der Waals surface area (Å²) in [5.41, 5.74) is 1.15. The number of amides is 1. The molecule has 4 nitrogen and oxygen atoms in total. The number of likely N-dealkylation sites (tertiary alicyclic amines) is 1. The summed E-state index contributed by atoms with van der Waals surface area (Å²) in [6.07, 6.45) is 2.51. The Hall–Kier alpha value is -1.01. The van der Waals surface area contributed by atoms with Crippen LogP contribution in [0.5, 0.6) is 0 Å². The first-order valence-electron chi connectivity index (χ1n) is 6.86. The lowest BCUT2D eigenvalue weighted by molar-refractivity contribution is -0.145. The van der Waals surface area contributed by atoms with Crippen molar-refractivity contribution in [2.45, 2.75) is 24.5 Å². The van der Waals surface area contributed by atoms with Crippen LogP contribution in [-0.4, -0.2) is 40.7 Å². The maximum atomic E-state index is 12.7. The van der Waals surface area contributed by atoms with Gasteiger partial charge in [-0.25, -0.2) is 0 Å². The van der Waals surface area contributed by atoms with Gasteiger partial charge in [0.2, 0.25) is 5.91 Å². The molecular weight excluding hydrogens is 294 g/mol. The molecule has 1 aromatic rings. The average Bonchev–Trinajstić information content (AvgIpc) is 2.95. The number of aliphatic carboxylic acids is 1. The average molecular weight is 311 g/mol. The maximum absolute atomic E-state index is 12.7. The number of rotatable bonds is 2. The van der Waals surface area contributed by atoms with E-state index >= 15 is 0 Å². The largest absolute Gasteiger partial charge is 0.481 e. The standard InChI is InChI=1S/C14H17NO3S2/c16-13(15-5-1-2-9(8-15)14(17)18)12-10-3-6-19-11(10)4-7-20-12/h3,6,9,12H,1-2,4-5,7-8H2,(H,17,18)/t9-,12?/m0/s1. The van der Waals surface area contributed by atoms with Crippen LogP contribution >= 0.6 is 23.1 Å². The molecule has 1 aromatic heterocycles. The second-order valence-corrected chi connectivity index (χ2v) is 7.48. The number of carbonyl (C=O) groups is 2. The number of thioether (sulfide) groups is 1. The monoisotopic (exact) mass is 311 g/mol. The van der Waals surface area contributed by atoms with Gasteiger partial charge in [0.15, 0.2) is 0 Å². The number of hydrogen-bond donors (Lipinski definition) is 1. The number of hydrogen-bond acceptors (Lipinski definition) is 4. The predicted octanol–water partition coefficient (Wildman–Crippen LogP) is 2.40. The molecule has 0 spiro atoms. The summed E-state index contributed by atoms with van der Waals surface area (Å²) >= 11 is 3.41. The highest BCUT2D eigenvalue weighted by molar-refractivity contribution is 8.00. The first-order chi connectivity index (χ1) is 9.66. The number of fused-ring (bicyclic) bond motifs is 1. The van der Waals surface area contributed by atoms with E-state index in [4.69, 9.17) is 5.11 Å². The molecule has 0 bridgehead atoms. The molecule has 1 amide bonds. The fourth-order valence-corrected chi connectivity index (χ4v) is 5.27. The van der Waals surface area contributed by atoms with E-state index in [-0.39, 0.29) is 11.2 Å². The normalized spacial score (nSPS) is 26.1. The SMILES string of the molecule is O=C(O)[C@H]1CCCN(C(=O)C2SCCc3sccc32)C1. The Kier molecular flexibility index (Phi) is 4.03. The second-order valence-electron chi connectivity index (χ2n) is 5.26. The Bertz CT molecular complexity index is 528. The molecule has 6 heteroatoms. The lowest BCUT2D eigenvalue weighted by atomic mass is 9.97. The van der Waals surface area contributed by atoms with Crippen LogP contribution in [0, 0.1) is 5.92 Å². The van der Waals surface area contributed by atoms with E-state index in [0.717, 1.165) is 24.2 Å². The van der Waals surface area contributed by atoms with E-state index in [1.807, 2.05) is 11.4 Å². The van der Waals surface area contributed by atoms with Crippen LogP contribution in [0.2, 0.25) is 0 Å². The van der Waals surface area contributed by atoms with Gasteiger partial charge < -0.3 is 10.0 Å². The number of carboxylic acids is 1. The minimum Gasteiger partial charge on any atom is -0.481 e. The van der Waals surface area contributed by atoms with Crippen molar-refractivity contribution in [2.75, 3.05) is 18.8 Å². The van der Waals surface area contributed by atoms with Crippen LogP contribution in [0.3, 0.4) is 0 Å². The molecule has 2 aliphatic rings. The van der Waals surface area contributed by atoms with Crippen LogP contribution in [0.1, 0.15) is 28.5 Å². The molecule has 1 fully saturated rings. The van der Waals surface area contributed by atoms with Crippen LogP contribution < -0.4 is 0 Å². The molecule has 0 saturated carbocycles. The number of nitrogens with zero attached hydrogens (tertiary/aromatic N) is 1. The van der Waals surface area contributed by atoms with Gasteiger partial charge in [0.25, 0.3) is 0 Å². The van der Waals surface area contributed by atoms with Gasteiger partial charge in [-0.3, -0.25) is 9.59 Å². The van der Waals surface area contributed by atoms with Crippen LogP contribution in [-0.2, 0) is 16.0 Å². The lowest BCUT2D eigenvalue weighted by Crippen LogP contribution is -2.44. The van der Waals surface area contributed by atoms with Crippen molar-refractivity contribution >= 4 is 35.0 Å². The van der Waals surface area contributed by atoms with Gasteiger partial charge in [0, 0.05) is 18.0 Å². The fraction of sp³-hybridized carbons (Fsp3) is 0.571. The zero-order valence-corrected chi connectivity index (χ0v) is 12.7. The smallest absolute Gasteiger partial charge is 0.308 e. The van der Waals surface area contributed by atoms with E-state index in [9.17, 15) is 9.59 Å². The molecule has 0 aliphatic carbocycles. The number of piperidine rings is 1. The molecule has 0 aromatic carbocycles. The Morgan fingerprint density at radius 3 is 3.05 bits per heavy atom. The van der Waals surface area contributed by atoms with Gasteiger partial charge in [0.05, 0.1) is 5.92 Å². The van der Waals surface area contributed by atoms with E-state index in [0.29, 0.717) is 19.5 Å². The molecular formula is C14H17NO3S2. The second kappa shape index (κ2) is 5.77. The number of carboxylic acid groups (broad SMARTS) is 1. The summed E-state index contributed by atoms with van der Waals surface area (Å²) in [6.45, 7) is 1.06. The van der Waals surface area contributed by atoms with Crippen LogP contribution in [0.25, 0.3) is 0 Å². The lowest BCUT2D eigenvalue weighted by Gasteiger charge is -2.34. The highest BCUT2D eigenvalue weighted by atomic mass is 32.2. The third kappa shape index (κ3) is 2.59. The molecule has 1 N–H and O–H groups in total. The molecule has 3 heterocycles. The van der Waals surface area contributed by atoms with Gasteiger partial charge in [0.1, 0.15) is 5.25 Å². The third-order valence-electron chi connectivity index (χ3n) is 3.98. The van der Waals surface area contributed by atoms with Crippen LogP contribution in [0.15, 0.2) is 11.4 Å². The van der Waals surface area contributed by atoms with Gasteiger partial charge in [-0.2, -0.15) is 0 Å². The molecule has 0 radical (unpaired) electrons. The molecule has 1 saturated heterocycles. The molecule has 2 aliphatic heterocycles. The van der Waals surface area contributed by atoms with E-state index < -0.39 is 11.9 Å². The zero-order chi connectivity index (χ0) is 14.1. The minimum atomic E-state index is -0.782. The van der Waals surface area contributed by atoms with Crippen LogP contribution in [0.4, 0.5) is 0 Å². The maximum Gasteiger partial charge on any atom is 0.308 e. The summed E-state index contributed by atoms with van der Waals surface area (Å²) in [5, 5.41) is 11.1. The third-order valence-corrected chi connectivity index (χ3v) is 6.21.